The summed E-state index contributed by atoms with van der Waals surface area (Å²) in [5.74, 6) is 0.807. The number of rotatable bonds is 4. The van der Waals surface area contributed by atoms with Gasteiger partial charge in [0, 0.05) is 12.7 Å². The minimum Gasteiger partial charge on any atom is -0.369 e. The predicted molar refractivity (Wildman–Crippen MR) is 64.0 cm³/mol. The number of aromatic nitrogens is 3. The molecule has 0 fully saturated rings. The summed E-state index contributed by atoms with van der Waals surface area (Å²) in [4.78, 5) is 4.22. The zero-order valence-electron chi connectivity index (χ0n) is 9.22. The highest BCUT2D eigenvalue weighted by molar-refractivity contribution is 5.54. The van der Waals surface area contributed by atoms with Gasteiger partial charge in [0.25, 0.3) is 0 Å². The molecule has 2 rings (SSSR count). The molecule has 2 aromatic rings. The highest BCUT2D eigenvalue weighted by Crippen LogP contribution is 2.13. The highest BCUT2D eigenvalue weighted by Gasteiger charge is 2.00. The summed E-state index contributed by atoms with van der Waals surface area (Å²) in [7, 11) is 0. The fraction of sp³-hybridized carbons (Fsp3) is 0.250. The molecular weight excluding hydrogens is 200 g/mol. The molecule has 16 heavy (non-hydrogen) atoms. The Bertz CT molecular complexity index is 425. The second-order valence-corrected chi connectivity index (χ2v) is 3.45. The molecule has 1 N–H and O–H groups in total. The number of pyridine rings is 1. The van der Waals surface area contributed by atoms with Gasteiger partial charge in [0.15, 0.2) is 0 Å². The molecule has 0 aromatic carbocycles. The Balaban J connectivity index is 2.13. The summed E-state index contributed by atoms with van der Waals surface area (Å²) in [6.45, 7) is 3.03. The lowest BCUT2D eigenvalue weighted by Gasteiger charge is -2.03. The van der Waals surface area contributed by atoms with E-state index in [1.807, 2.05) is 30.3 Å². The first-order valence-corrected chi connectivity index (χ1v) is 5.39. The molecule has 0 aliphatic rings. The van der Waals surface area contributed by atoms with Crippen molar-refractivity contribution >= 4 is 5.82 Å². The number of hydrogen-bond acceptors (Lipinski definition) is 4. The monoisotopic (exact) mass is 214 g/mol. The van der Waals surface area contributed by atoms with Crippen molar-refractivity contribution in [2.45, 2.75) is 13.3 Å². The Kier molecular flexibility index (Phi) is 3.43. The van der Waals surface area contributed by atoms with E-state index in [2.05, 4.69) is 27.4 Å². The highest BCUT2D eigenvalue weighted by atomic mass is 15.2. The van der Waals surface area contributed by atoms with E-state index in [9.17, 15) is 0 Å². The zero-order valence-corrected chi connectivity index (χ0v) is 9.22. The standard InChI is InChI=1S/C12H14N4/c1-2-8-14-12-7-6-11(15-16-12)10-5-3-4-9-13-10/h3-7,9H,2,8H2,1H3,(H,14,16). The van der Waals surface area contributed by atoms with Crippen molar-refractivity contribution in [3.63, 3.8) is 0 Å². The van der Waals surface area contributed by atoms with Crippen molar-refractivity contribution in [3.8, 4) is 11.4 Å². The minimum absolute atomic E-state index is 0.794. The molecule has 0 amide bonds. The average molecular weight is 214 g/mol. The van der Waals surface area contributed by atoms with Gasteiger partial charge in [-0.1, -0.05) is 13.0 Å². The molecule has 0 aliphatic carbocycles. The van der Waals surface area contributed by atoms with Crippen LogP contribution in [-0.2, 0) is 0 Å². The number of anilines is 1. The molecule has 0 bridgehead atoms. The van der Waals surface area contributed by atoms with Crippen molar-refractivity contribution < 1.29 is 0 Å². The summed E-state index contributed by atoms with van der Waals surface area (Å²) < 4.78 is 0. The molecule has 4 heteroatoms. The lowest BCUT2D eigenvalue weighted by Crippen LogP contribution is -2.03. The van der Waals surface area contributed by atoms with Crippen LogP contribution in [0.25, 0.3) is 11.4 Å². The first kappa shape index (κ1) is 10.5. The quantitative estimate of drug-likeness (QED) is 0.848. The van der Waals surface area contributed by atoms with Crippen LogP contribution in [0.5, 0.6) is 0 Å². The van der Waals surface area contributed by atoms with Gasteiger partial charge in [0.2, 0.25) is 0 Å². The number of hydrogen-bond donors (Lipinski definition) is 1. The normalized spacial score (nSPS) is 10.1. The Morgan fingerprint density at radius 1 is 1.06 bits per heavy atom. The molecule has 0 atom stereocenters. The Morgan fingerprint density at radius 3 is 2.62 bits per heavy atom. The summed E-state index contributed by atoms with van der Waals surface area (Å²) in [6, 6.07) is 9.59. The number of nitrogens with zero attached hydrogens (tertiary/aromatic N) is 3. The summed E-state index contributed by atoms with van der Waals surface area (Å²) in [5, 5.41) is 11.4. The van der Waals surface area contributed by atoms with E-state index in [0.717, 1.165) is 30.2 Å². The van der Waals surface area contributed by atoms with Gasteiger partial charge in [0.05, 0.1) is 5.69 Å². The topological polar surface area (TPSA) is 50.7 Å². The van der Waals surface area contributed by atoms with Crippen LogP contribution in [0.3, 0.4) is 0 Å². The Labute approximate surface area is 94.8 Å². The lowest BCUT2D eigenvalue weighted by atomic mass is 10.2. The zero-order chi connectivity index (χ0) is 11.2. The SMILES string of the molecule is CCCNc1ccc(-c2ccccn2)nn1. The molecule has 0 saturated heterocycles. The third-order valence-corrected chi connectivity index (χ3v) is 2.15. The fourth-order valence-electron chi connectivity index (χ4n) is 1.33. The average Bonchev–Trinajstić information content (AvgIpc) is 2.38. The van der Waals surface area contributed by atoms with Gasteiger partial charge in [-0.3, -0.25) is 4.98 Å². The Hall–Kier alpha value is -1.97. The Morgan fingerprint density at radius 2 is 2.00 bits per heavy atom. The van der Waals surface area contributed by atoms with Gasteiger partial charge in [-0.25, -0.2) is 0 Å². The molecule has 0 spiro atoms. The van der Waals surface area contributed by atoms with E-state index in [-0.39, 0.29) is 0 Å². The van der Waals surface area contributed by atoms with Gasteiger partial charge in [-0.05, 0) is 30.7 Å². The molecule has 0 saturated carbocycles. The first-order chi connectivity index (χ1) is 7.90. The molecule has 0 unspecified atom stereocenters. The molecule has 0 aliphatic heterocycles. The van der Waals surface area contributed by atoms with Crippen LogP contribution in [0.1, 0.15) is 13.3 Å². The van der Waals surface area contributed by atoms with Crippen LogP contribution in [-0.4, -0.2) is 21.7 Å². The third-order valence-electron chi connectivity index (χ3n) is 2.15. The van der Waals surface area contributed by atoms with Gasteiger partial charge in [-0.2, -0.15) is 0 Å². The molecule has 2 heterocycles. The van der Waals surface area contributed by atoms with Gasteiger partial charge >= 0.3 is 0 Å². The van der Waals surface area contributed by atoms with Crippen molar-refractivity contribution in [1.82, 2.24) is 15.2 Å². The number of nitrogens with one attached hydrogen (secondary N) is 1. The first-order valence-electron chi connectivity index (χ1n) is 5.39. The van der Waals surface area contributed by atoms with Crippen molar-refractivity contribution in [3.05, 3.63) is 36.5 Å². The van der Waals surface area contributed by atoms with E-state index in [1.54, 1.807) is 6.20 Å². The van der Waals surface area contributed by atoms with Gasteiger partial charge in [-0.15, -0.1) is 10.2 Å². The summed E-state index contributed by atoms with van der Waals surface area (Å²) in [5.41, 5.74) is 1.64. The third kappa shape index (κ3) is 2.53. The molecule has 2 aromatic heterocycles. The van der Waals surface area contributed by atoms with Crippen LogP contribution in [0.15, 0.2) is 36.5 Å². The van der Waals surface area contributed by atoms with Crippen LogP contribution in [0.4, 0.5) is 5.82 Å². The van der Waals surface area contributed by atoms with Crippen LogP contribution in [0.2, 0.25) is 0 Å². The smallest absolute Gasteiger partial charge is 0.148 e. The maximum atomic E-state index is 4.22. The van der Waals surface area contributed by atoms with Gasteiger partial charge < -0.3 is 5.32 Å². The van der Waals surface area contributed by atoms with Gasteiger partial charge in [0.1, 0.15) is 11.5 Å². The molecular formula is C12H14N4. The second-order valence-electron chi connectivity index (χ2n) is 3.45. The summed E-state index contributed by atoms with van der Waals surface area (Å²) >= 11 is 0. The van der Waals surface area contributed by atoms with Crippen LogP contribution < -0.4 is 5.32 Å². The molecule has 82 valence electrons. The predicted octanol–water partition coefficient (Wildman–Crippen LogP) is 2.36. The maximum Gasteiger partial charge on any atom is 0.148 e. The van der Waals surface area contributed by atoms with E-state index >= 15 is 0 Å². The van der Waals surface area contributed by atoms with E-state index in [1.165, 1.54) is 0 Å². The van der Waals surface area contributed by atoms with E-state index < -0.39 is 0 Å². The minimum atomic E-state index is 0.794. The van der Waals surface area contributed by atoms with Crippen LogP contribution in [0, 0.1) is 0 Å². The fourth-order valence-corrected chi connectivity index (χ4v) is 1.33. The molecule has 4 nitrogen and oxygen atoms in total. The largest absolute Gasteiger partial charge is 0.369 e. The second kappa shape index (κ2) is 5.21. The molecule has 0 radical (unpaired) electrons. The van der Waals surface area contributed by atoms with Crippen molar-refractivity contribution in [1.29, 1.82) is 0 Å². The maximum absolute atomic E-state index is 4.22. The van der Waals surface area contributed by atoms with E-state index in [4.69, 9.17) is 0 Å². The lowest BCUT2D eigenvalue weighted by molar-refractivity contribution is 0.944. The van der Waals surface area contributed by atoms with E-state index in [0.29, 0.717) is 0 Å². The van der Waals surface area contributed by atoms with Crippen LogP contribution >= 0.6 is 0 Å². The van der Waals surface area contributed by atoms with Crippen molar-refractivity contribution in [2.75, 3.05) is 11.9 Å². The van der Waals surface area contributed by atoms with Crippen molar-refractivity contribution in [2.24, 2.45) is 0 Å². The summed E-state index contributed by atoms with van der Waals surface area (Å²) in [6.07, 6.45) is 2.82.